The molecule has 0 aromatic heterocycles. The first-order valence-electron chi connectivity index (χ1n) is 15.8. The van der Waals surface area contributed by atoms with Crippen molar-refractivity contribution in [3.8, 4) is 0 Å². The number of unbranched alkanes of at least 4 members (excludes halogenated alkanes) is 7. The van der Waals surface area contributed by atoms with Gasteiger partial charge in [0.2, 0.25) is 0 Å². The highest BCUT2D eigenvalue weighted by Gasteiger charge is 2.57. The molecule has 0 heterocycles. The second-order valence-corrected chi connectivity index (χ2v) is 12.5. The van der Waals surface area contributed by atoms with Gasteiger partial charge in [0.1, 0.15) is 0 Å². The molecule has 0 radical (unpaired) electrons. The number of hydrogen-bond donors (Lipinski definition) is 0. The van der Waals surface area contributed by atoms with Gasteiger partial charge in [-0.3, -0.25) is 4.79 Å². The average Bonchev–Trinajstić information content (AvgIpc) is 2.90. The molecule has 3 aliphatic rings. The van der Waals surface area contributed by atoms with Crippen LogP contribution in [0.15, 0.2) is 0 Å². The Kier molecular flexibility index (Phi) is 12.3. The molecule has 0 atom stereocenters. The van der Waals surface area contributed by atoms with E-state index in [9.17, 15) is 4.79 Å². The van der Waals surface area contributed by atoms with Crippen LogP contribution in [0.1, 0.15) is 168 Å². The van der Waals surface area contributed by atoms with Crippen LogP contribution in [0.4, 0.5) is 0 Å². The minimum atomic E-state index is -0.181. The zero-order valence-electron chi connectivity index (χ0n) is 23.1. The molecule has 0 unspecified atom stereocenters. The summed E-state index contributed by atoms with van der Waals surface area (Å²) in [5.41, 5.74) is 0.0327. The third kappa shape index (κ3) is 7.25. The van der Waals surface area contributed by atoms with E-state index in [1.54, 1.807) is 0 Å². The summed E-state index contributed by atoms with van der Waals surface area (Å²) >= 11 is 0. The second-order valence-electron chi connectivity index (χ2n) is 12.5. The van der Waals surface area contributed by atoms with Crippen molar-refractivity contribution in [1.82, 2.24) is 0 Å². The van der Waals surface area contributed by atoms with E-state index in [2.05, 4.69) is 13.8 Å². The molecule has 2 nitrogen and oxygen atoms in total. The van der Waals surface area contributed by atoms with Crippen LogP contribution in [0.2, 0.25) is 0 Å². The molecular formula is C32H58O2. The largest absolute Gasteiger partial charge is 0.465 e. The standard InChI is InChI=1S/C32H58O2/c1-3-5-7-8-9-10-17-27-34-30(33)32(23-15-12-16-24-32)31(22-6-4-2)25-20-29(21-26-31)28-18-13-11-14-19-28/h28-29H,3-27H2,1-2H3. The van der Waals surface area contributed by atoms with Crippen LogP contribution >= 0.6 is 0 Å². The number of carbonyl (C=O) groups is 1. The molecule has 0 aliphatic heterocycles. The van der Waals surface area contributed by atoms with Crippen molar-refractivity contribution in [3.05, 3.63) is 0 Å². The summed E-state index contributed by atoms with van der Waals surface area (Å²) in [4.78, 5) is 13.9. The van der Waals surface area contributed by atoms with E-state index < -0.39 is 0 Å². The first-order chi connectivity index (χ1) is 16.7. The van der Waals surface area contributed by atoms with Crippen LogP contribution in [-0.4, -0.2) is 12.6 Å². The van der Waals surface area contributed by atoms with Crippen molar-refractivity contribution in [2.45, 2.75) is 168 Å². The van der Waals surface area contributed by atoms with E-state index in [4.69, 9.17) is 4.74 Å². The number of esters is 1. The molecule has 0 saturated heterocycles. The van der Waals surface area contributed by atoms with Crippen molar-refractivity contribution >= 4 is 5.97 Å². The van der Waals surface area contributed by atoms with E-state index in [-0.39, 0.29) is 16.8 Å². The van der Waals surface area contributed by atoms with Crippen molar-refractivity contribution in [2.75, 3.05) is 6.61 Å². The van der Waals surface area contributed by atoms with Gasteiger partial charge in [0.05, 0.1) is 12.0 Å². The van der Waals surface area contributed by atoms with Gasteiger partial charge in [0.15, 0.2) is 0 Å². The van der Waals surface area contributed by atoms with Gasteiger partial charge in [-0.05, 0) is 68.6 Å². The number of hydrogen-bond acceptors (Lipinski definition) is 2. The lowest BCUT2D eigenvalue weighted by atomic mass is 9.49. The summed E-state index contributed by atoms with van der Waals surface area (Å²) in [6, 6.07) is 0. The summed E-state index contributed by atoms with van der Waals surface area (Å²) in [6.45, 7) is 5.26. The van der Waals surface area contributed by atoms with Gasteiger partial charge in [-0.15, -0.1) is 0 Å². The molecule has 0 N–H and O–H groups in total. The Morgan fingerprint density at radius 1 is 0.647 bits per heavy atom. The minimum Gasteiger partial charge on any atom is -0.465 e. The molecule has 0 amide bonds. The zero-order chi connectivity index (χ0) is 24.1. The molecular weight excluding hydrogens is 416 g/mol. The van der Waals surface area contributed by atoms with Gasteiger partial charge in [-0.1, -0.05) is 117 Å². The fraction of sp³-hybridized carbons (Fsp3) is 0.969. The number of carbonyl (C=O) groups excluding carboxylic acids is 1. The third-order valence-corrected chi connectivity index (χ3v) is 10.4. The Hall–Kier alpha value is -0.530. The van der Waals surface area contributed by atoms with E-state index in [1.165, 1.54) is 135 Å². The summed E-state index contributed by atoms with van der Waals surface area (Å²) in [5, 5.41) is 0. The monoisotopic (exact) mass is 474 g/mol. The molecule has 3 aliphatic carbocycles. The summed E-state index contributed by atoms with van der Waals surface area (Å²) in [6.07, 6.45) is 31.3. The maximum atomic E-state index is 13.9. The molecule has 2 heteroatoms. The molecule has 0 aromatic rings. The van der Waals surface area contributed by atoms with Gasteiger partial charge in [-0.25, -0.2) is 0 Å². The van der Waals surface area contributed by atoms with Gasteiger partial charge < -0.3 is 4.74 Å². The van der Waals surface area contributed by atoms with Gasteiger partial charge in [-0.2, -0.15) is 0 Å². The Labute approximate surface area is 212 Å². The van der Waals surface area contributed by atoms with Crippen LogP contribution < -0.4 is 0 Å². The van der Waals surface area contributed by atoms with Gasteiger partial charge >= 0.3 is 5.97 Å². The SMILES string of the molecule is CCCCCCCCCOC(=O)C1(C2(CCCC)CCC(C3CCCCC3)CC2)CCCCC1. The van der Waals surface area contributed by atoms with Crippen molar-refractivity contribution in [2.24, 2.45) is 22.7 Å². The first kappa shape index (κ1) is 28.0. The van der Waals surface area contributed by atoms with E-state index in [0.29, 0.717) is 6.61 Å². The molecule has 3 rings (SSSR count). The second kappa shape index (κ2) is 14.9. The van der Waals surface area contributed by atoms with Crippen LogP contribution in [0.5, 0.6) is 0 Å². The fourth-order valence-corrected chi connectivity index (χ4v) is 8.22. The Morgan fingerprint density at radius 2 is 1.21 bits per heavy atom. The molecule has 0 spiro atoms. The fourth-order valence-electron chi connectivity index (χ4n) is 8.22. The summed E-state index contributed by atoms with van der Waals surface area (Å²) in [5.74, 6) is 2.12. The van der Waals surface area contributed by atoms with Crippen molar-refractivity contribution in [3.63, 3.8) is 0 Å². The molecule has 3 saturated carbocycles. The smallest absolute Gasteiger partial charge is 0.312 e. The summed E-state index contributed by atoms with van der Waals surface area (Å²) in [7, 11) is 0. The molecule has 198 valence electrons. The quantitative estimate of drug-likeness (QED) is 0.185. The van der Waals surface area contributed by atoms with E-state index in [1.807, 2.05) is 0 Å². The lowest BCUT2D eigenvalue weighted by Gasteiger charge is -2.55. The normalized spacial score (nSPS) is 28.0. The molecule has 34 heavy (non-hydrogen) atoms. The topological polar surface area (TPSA) is 26.3 Å². The van der Waals surface area contributed by atoms with E-state index in [0.717, 1.165) is 31.1 Å². The summed E-state index contributed by atoms with van der Waals surface area (Å²) < 4.78 is 6.18. The Morgan fingerprint density at radius 3 is 1.85 bits per heavy atom. The third-order valence-electron chi connectivity index (χ3n) is 10.4. The maximum Gasteiger partial charge on any atom is 0.312 e. The number of ether oxygens (including phenoxy) is 1. The van der Waals surface area contributed by atoms with Crippen LogP contribution in [0, 0.1) is 22.7 Å². The highest BCUT2D eigenvalue weighted by molar-refractivity contribution is 5.78. The Bertz CT molecular complexity index is 547. The minimum absolute atomic E-state index is 0.181. The lowest BCUT2D eigenvalue weighted by Crippen LogP contribution is -2.52. The predicted molar refractivity (Wildman–Crippen MR) is 145 cm³/mol. The highest BCUT2D eigenvalue weighted by atomic mass is 16.5. The van der Waals surface area contributed by atoms with Crippen molar-refractivity contribution in [1.29, 1.82) is 0 Å². The van der Waals surface area contributed by atoms with Gasteiger partial charge in [0, 0.05) is 0 Å². The Balaban J connectivity index is 1.61. The maximum absolute atomic E-state index is 13.9. The average molecular weight is 475 g/mol. The highest BCUT2D eigenvalue weighted by Crippen LogP contribution is 2.61. The first-order valence-corrected chi connectivity index (χ1v) is 15.8. The van der Waals surface area contributed by atoms with E-state index >= 15 is 0 Å². The van der Waals surface area contributed by atoms with Crippen LogP contribution in [0.25, 0.3) is 0 Å². The molecule has 0 aromatic carbocycles. The van der Waals surface area contributed by atoms with Crippen LogP contribution in [-0.2, 0) is 9.53 Å². The zero-order valence-corrected chi connectivity index (χ0v) is 23.1. The van der Waals surface area contributed by atoms with Crippen LogP contribution in [0.3, 0.4) is 0 Å². The predicted octanol–water partition coefficient (Wildman–Crippen LogP) is 10.2. The number of rotatable bonds is 14. The molecule has 3 fully saturated rings. The van der Waals surface area contributed by atoms with Crippen molar-refractivity contribution < 1.29 is 9.53 Å². The molecule has 0 bridgehead atoms. The van der Waals surface area contributed by atoms with Gasteiger partial charge in [0.25, 0.3) is 0 Å². The lowest BCUT2D eigenvalue weighted by molar-refractivity contribution is -0.175.